The quantitative estimate of drug-likeness (QED) is 0.0287. The fraction of sp³-hybridized carbons (Fsp3) is 0.541. The van der Waals surface area contributed by atoms with Crippen LogP contribution in [0.5, 0.6) is 0 Å². The molecule has 0 bridgehead atoms. The Morgan fingerprint density at radius 2 is 0.758 bits per heavy atom. The molecule has 0 fully saturated rings. The third kappa shape index (κ3) is 17.2. The Morgan fingerprint density at radius 1 is 0.409 bits per heavy atom. The van der Waals surface area contributed by atoms with Crippen molar-refractivity contribution < 1.29 is 27.5 Å². The Hall–Kier alpha value is -3.63. The van der Waals surface area contributed by atoms with Gasteiger partial charge in [-0.1, -0.05) is 107 Å². The van der Waals surface area contributed by atoms with E-state index in [1.165, 1.54) is 154 Å². The van der Waals surface area contributed by atoms with E-state index in [0.717, 1.165) is 76.1 Å². The van der Waals surface area contributed by atoms with Gasteiger partial charge in [-0.15, -0.1) is 0 Å². The summed E-state index contributed by atoms with van der Waals surface area (Å²) in [6.45, 7) is 19.6. The first-order valence-corrected chi connectivity index (χ1v) is 27.4. The van der Waals surface area contributed by atoms with Crippen molar-refractivity contribution in [3.05, 3.63) is 157 Å². The van der Waals surface area contributed by atoms with Crippen LogP contribution < -0.4 is 0 Å². The van der Waals surface area contributed by atoms with E-state index in [2.05, 4.69) is 79.7 Å². The molecule has 0 radical (unpaired) electrons. The Labute approximate surface area is 410 Å². The van der Waals surface area contributed by atoms with Gasteiger partial charge in [0.1, 0.15) is 0 Å². The summed E-state index contributed by atoms with van der Waals surface area (Å²) in [5.74, 6) is 0. The molecule has 0 unspecified atom stereocenters. The van der Waals surface area contributed by atoms with Crippen LogP contribution >= 0.6 is 0 Å². The maximum atomic E-state index is 12.6. The van der Waals surface area contributed by atoms with Crippen LogP contribution in [0.4, 0.5) is 0 Å². The Kier molecular flexibility index (Phi) is 26.8. The van der Waals surface area contributed by atoms with Gasteiger partial charge in [0.2, 0.25) is 11.4 Å². The molecule has 0 atom stereocenters. The van der Waals surface area contributed by atoms with Crippen molar-refractivity contribution in [2.24, 2.45) is 0 Å². The molecule has 1 aliphatic heterocycles. The topological polar surface area (TPSA) is 43.8 Å². The van der Waals surface area contributed by atoms with Gasteiger partial charge in [-0.3, -0.25) is 0 Å². The molecule has 0 N–H and O–H groups in total. The van der Waals surface area contributed by atoms with Crippen LogP contribution in [0.25, 0.3) is 16.9 Å². The molecule has 5 rings (SSSR count). The van der Waals surface area contributed by atoms with E-state index in [4.69, 9.17) is 7.76 Å². The summed E-state index contributed by atoms with van der Waals surface area (Å²) >= 11 is 0.863. The average molecular weight is 940 g/mol. The van der Waals surface area contributed by atoms with Crippen molar-refractivity contribution in [1.82, 2.24) is 0 Å². The van der Waals surface area contributed by atoms with Gasteiger partial charge in [-0.25, -0.2) is 4.70 Å². The molecule has 5 heteroatoms. The molecule has 0 amide bonds. The predicted octanol–water partition coefficient (Wildman–Crippen LogP) is 18.2. The Morgan fingerprint density at radius 3 is 1.11 bits per heavy atom. The molecule has 1 aliphatic rings. The second-order valence-corrected chi connectivity index (χ2v) is 19.2. The van der Waals surface area contributed by atoms with Gasteiger partial charge >= 0.3 is 108 Å². The summed E-state index contributed by atoms with van der Waals surface area (Å²) in [6, 6.07) is 30.1. The van der Waals surface area contributed by atoms with E-state index in [1.807, 2.05) is 60.7 Å². The van der Waals surface area contributed by atoms with Gasteiger partial charge in [-0.2, -0.15) is 0 Å². The van der Waals surface area contributed by atoms with Crippen molar-refractivity contribution in [3.63, 3.8) is 0 Å². The molecule has 0 aliphatic carbocycles. The standard InChI is InChI=1S/C47H74N2.2C7H7O.Ni/c1-9-17-24-31-45-42(16-8)46(40-32-36(25-18-10-2)43(29-22-14-6)37(33-40)26-19-11-3)49(48)47(45)41-34-38(27-20-12-4)44(30-23-15-7)39(35-41)28-21-13-5;2*8-6-7-4-2-1-3-5-7;/h32-35H,9-31H2,1-8H3;2*1-5H,6H2;/q;2*-1;+2. The van der Waals surface area contributed by atoms with Crippen LogP contribution in [0, 0.1) is 0 Å². The van der Waals surface area contributed by atoms with Crippen molar-refractivity contribution in [1.29, 1.82) is 0 Å². The van der Waals surface area contributed by atoms with Crippen molar-refractivity contribution in [2.75, 3.05) is 0 Å². The van der Waals surface area contributed by atoms with Gasteiger partial charge in [0.05, 0.1) is 0 Å². The number of rotatable bonds is 31. The zero-order chi connectivity index (χ0) is 47.4. The van der Waals surface area contributed by atoms with Crippen molar-refractivity contribution in [3.8, 4) is 0 Å². The van der Waals surface area contributed by atoms with Crippen LogP contribution in [0.3, 0.4) is 0 Å². The van der Waals surface area contributed by atoms with Crippen molar-refractivity contribution >= 4 is 11.4 Å². The number of aryl methyl sites for hydroxylation is 4. The number of unbranched alkanes of at least 4 members (excludes halogenated alkanes) is 8. The summed E-state index contributed by atoms with van der Waals surface area (Å²) in [5, 5.41) is 0. The molecule has 0 aromatic heterocycles. The Balaban J connectivity index is 0.000000465. The maximum absolute atomic E-state index is 12.6. The third-order valence-electron chi connectivity index (χ3n) is 13.1. The zero-order valence-corrected chi connectivity index (χ0v) is 43.8. The molecular formula is C61H88N2NiO2. The monoisotopic (exact) mass is 939 g/mol. The van der Waals surface area contributed by atoms with Crippen LogP contribution in [-0.2, 0) is 74.6 Å². The predicted molar refractivity (Wildman–Crippen MR) is 279 cm³/mol. The number of allylic oxidation sites excluding steroid dienone is 2. The van der Waals surface area contributed by atoms with Gasteiger partial charge in [-0.05, 0) is 154 Å². The molecule has 0 saturated carbocycles. The van der Waals surface area contributed by atoms with E-state index < -0.39 is 0 Å². The molecule has 364 valence electrons. The van der Waals surface area contributed by atoms with E-state index in [0.29, 0.717) is 13.2 Å². The number of hydrogen-bond donors (Lipinski definition) is 0. The molecule has 66 heavy (non-hydrogen) atoms. The van der Waals surface area contributed by atoms with E-state index in [9.17, 15) is 5.53 Å². The first-order valence-electron chi connectivity index (χ1n) is 26.6. The minimum absolute atomic E-state index is 0.565. The van der Waals surface area contributed by atoms with E-state index >= 15 is 0 Å². The number of benzene rings is 4. The zero-order valence-electron chi connectivity index (χ0n) is 42.8. The average Bonchev–Trinajstić information content (AvgIpc) is 3.63. The molecule has 4 nitrogen and oxygen atoms in total. The van der Waals surface area contributed by atoms with Gasteiger partial charge in [0, 0.05) is 22.3 Å². The first kappa shape index (κ1) is 55.0. The second-order valence-electron chi connectivity index (χ2n) is 18.4. The molecule has 1 heterocycles. The van der Waals surface area contributed by atoms with Crippen LogP contribution in [0.2, 0.25) is 0 Å². The minimum atomic E-state index is 0.565. The van der Waals surface area contributed by atoms with Crippen LogP contribution in [0.15, 0.2) is 96.1 Å². The van der Waals surface area contributed by atoms with Crippen LogP contribution in [-0.4, -0.2) is 4.70 Å². The van der Waals surface area contributed by atoms with E-state index in [-0.39, 0.29) is 0 Å². The first-order chi connectivity index (χ1) is 32.4. The molecular weight excluding hydrogens is 851 g/mol. The summed E-state index contributed by atoms with van der Waals surface area (Å²) in [4.78, 5) is 0. The van der Waals surface area contributed by atoms with Crippen LogP contribution in [0.1, 0.15) is 220 Å². The summed E-state index contributed by atoms with van der Waals surface area (Å²) < 4.78 is 12.4. The molecule has 0 saturated heterocycles. The van der Waals surface area contributed by atoms with Gasteiger partial charge in [0.25, 0.3) is 0 Å². The SMILES string of the molecule is CCCCCC1=C(c2cc(CCCC)c(CCCC)c(CCCC)c2)[N+](=[N-])C(c2cc(CCCC)c(CCCC)c(CCCC)c2)=C1CC.c1ccc(C[O][Ni][O]Cc2ccccc2)cc1. The van der Waals surface area contributed by atoms with E-state index in [1.54, 1.807) is 15.8 Å². The molecule has 0 spiro atoms. The van der Waals surface area contributed by atoms with Gasteiger partial charge < -0.3 is 5.53 Å². The fourth-order valence-electron chi connectivity index (χ4n) is 9.34. The summed E-state index contributed by atoms with van der Waals surface area (Å²) in [7, 11) is 0. The number of nitrogens with zero attached hydrogens (tertiary/aromatic N) is 2. The van der Waals surface area contributed by atoms with Gasteiger partial charge in [0.15, 0.2) is 0 Å². The fourth-order valence-corrected chi connectivity index (χ4v) is 9.87. The number of hydrogen-bond acceptors (Lipinski definition) is 2. The Bertz CT molecular complexity index is 1970. The second kappa shape index (κ2) is 32.2. The summed E-state index contributed by atoms with van der Waals surface area (Å²) in [5.41, 5.74) is 31.6. The molecule has 4 aromatic rings. The third-order valence-corrected chi connectivity index (χ3v) is 13.6. The summed E-state index contributed by atoms with van der Waals surface area (Å²) in [6.07, 6.45) is 27.1. The van der Waals surface area contributed by atoms with Crippen molar-refractivity contribution in [2.45, 2.75) is 216 Å². The molecule has 4 aromatic carbocycles. The normalized spacial score (nSPS) is 12.7.